The SMILES string of the molecule is CCCCCCCCCCCCCCCN(CC(=O)NC)C(=O)O. The van der Waals surface area contributed by atoms with Crippen molar-refractivity contribution < 1.29 is 14.7 Å². The molecule has 0 bridgehead atoms. The predicted octanol–water partition coefficient (Wildman–Crippen LogP) is 4.80. The van der Waals surface area contributed by atoms with Crippen LogP contribution in [0, 0.1) is 0 Å². The molecule has 0 rings (SSSR count). The van der Waals surface area contributed by atoms with Gasteiger partial charge < -0.3 is 10.4 Å². The second-order valence-electron chi connectivity index (χ2n) is 6.62. The van der Waals surface area contributed by atoms with Gasteiger partial charge >= 0.3 is 6.09 Å². The third kappa shape index (κ3) is 14.3. The highest BCUT2D eigenvalue weighted by atomic mass is 16.4. The van der Waals surface area contributed by atoms with Crippen LogP contribution in [0.25, 0.3) is 0 Å². The summed E-state index contributed by atoms with van der Waals surface area (Å²) in [5.74, 6) is -0.257. The fraction of sp³-hybridized carbons (Fsp3) is 0.895. The van der Waals surface area contributed by atoms with E-state index in [0.29, 0.717) is 6.54 Å². The Morgan fingerprint density at radius 3 is 1.58 bits per heavy atom. The lowest BCUT2D eigenvalue weighted by molar-refractivity contribution is -0.121. The van der Waals surface area contributed by atoms with E-state index in [1.165, 1.54) is 76.2 Å². The number of carboxylic acid groups (broad SMARTS) is 1. The van der Waals surface area contributed by atoms with Gasteiger partial charge in [0.1, 0.15) is 6.54 Å². The van der Waals surface area contributed by atoms with Gasteiger partial charge in [0.25, 0.3) is 0 Å². The Bertz CT molecular complexity index is 322. The van der Waals surface area contributed by atoms with Gasteiger partial charge in [-0.3, -0.25) is 9.69 Å². The maximum atomic E-state index is 11.2. The topological polar surface area (TPSA) is 69.6 Å². The van der Waals surface area contributed by atoms with Crippen molar-refractivity contribution in [3.8, 4) is 0 Å². The predicted molar refractivity (Wildman–Crippen MR) is 99.4 cm³/mol. The third-order valence-corrected chi connectivity index (χ3v) is 4.42. The highest BCUT2D eigenvalue weighted by molar-refractivity contribution is 5.81. The van der Waals surface area contributed by atoms with Crippen molar-refractivity contribution in [1.82, 2.24) is 10.2 Å². The van der Waals surface area contributed by atoms with Crippen LogP contribution in [0.3, 0.4) is 0 Å². The quantitative estimate of drug-likeness (QED) is 0.396. The van der Waals surface area contributed by atoms with Crippen molar-refractivity contribution in [2.24, 2.45) is 0 Å². The number of likely N-dealkylation sites (N-methyl/N-ethyl adjacent to an activating group) is 1. The van der Waals surface area contributed by atoms with Crippen LogP contribution in [0.2, 0.25) is 0 Å². The van der Waals surface area contributed by atoms with Gasteiger partial charge in [0.2, 0.25) is 5.91 Å². The zero-order chi connectivity index (χ0) is 18.0. The van der Waals surface area contributed by atoms with Crippen LogP contribution in [0.15, 0.2) is 0 Å². The van der Waals surface area contributed by atoms with Crippen molar-refractivity contribution in [2.75, 3.05) is 20.1 Å². The van der Waals surface area contributed by atoms with Crippen molar-refractivity contribution in [2.45, 2.75) is 90.4 Å². The summed E-state index contributed by atoms with van der Waals surface area (Å²) < 4.78 is 0. The first-order valence-electron chi connectivity index (χ1n) is 9.80. The first-order chi connectivity index (χ1) is 11.6. The van der Waals surface area contributed by atoms with Gasteiger partial charge in [-0.05, 0) is 6.42 Å². The fourth-order valence-electron chi connectivity index (χ4n) is 2.82. The van der Waals surface area contributed by atoms with Crippen LogP contribution >= 0.6 is 0 Å². The summed E-state index contributed by atoms with van der Waals surface area (Å²) >= 11 is 0. The number of carbonyl (C=O) groups is 2. The van der Waals surface area contributed by atoms with E-state index in [4.69, 9.17) is 5.11 Å². The summed E-state index contributed by atoms with van der Waals surface area (Å²) in [6.07, 6.45) is 15.4. The zero-order valence-electron chi connectivity index (χ0n) is 15.8. The number of rotatable bonds is 16. The summed E-state index contributed by atoms with van der Waals surface area (Å²) in [7, 11) is 1.52. The second kappa shape index (κ2) is 16.6. The van der Waals surface area contributed by atoms with Gasteiger partial charge in [-0.2, -0.15) is 0 Å². The van der Waals surface area contributed by atoms with E-state index in [9.17, 15) is 9.59 Å². The molecular weight excluding hydrogens is 304 g/mol. The standard InChI is InChI=1S/C19H38N2O3/c1-3-4-5-6-7-8-9-10-11-12-13-14-15-16-21(19(23)24)17-18(22)20-2/h3-17H2,1-2H3,(H,20,22)(H,23,24). The van der Waals surface area contributed by atoms with Gasteiger partial charge in [-0.1, -0.05) is 84.0 Å². The molecule has 142 valence electrons. The molecule has 2 N–H and O–H groups in total. The number of hydrogen-bond donors (Lipinski definition) is 2. The van der Waals surface area contributed by atoms with Crippen molar-refractivity contribution >= 4 is 12.0 Å². The van der Waals surface area contributed by atoms with Crippen LogP contribution in [0.5, 0.6) is 0 Å². The summed E-state index contributed by atoms with van der Waals surface area (Å²) in [5, 5.41) is 11.5. The summed E-state index contributed by atoms with van der Waals surface area (Å²) in [5.41, 5.74) is 0. The van der Waals surface area contributed by atoms with Crippen molar-refractivity contribution in [3.63, 3.8) is 0 Å². The first kappa shape index (κ1) is 22.7. The van der Waals surface area contributed by atoms with Crippen LogP contribution in [0.4, 0.5) is 4.79 Å². The molecule has 0 aromatic heterocycles. The second-order valence-corrected chi connectivity index (χ2v) is 6.62. The Balaban J connectivity index is 3.40. The van der Waals surface area contributed by atoms with E-state index in [2.05, 4.69) is 12.2 Å². The third-order valence-electron chi connectivity index (χ3n) is 4.42. The van der Waals surface area contributed by atoms with Gasteiger partial charge in [0.15, 0.2) is 0 Å². The molecule has 5 nitrogen and oxygen atoms in total. The van der Waals surface area contributed by atoms with E-state index in [0.717, 1.165) is 19.3 Å². The number of amides is 2. The molecular formula is C19H38N2O3. The summed E-state index contributed by atoms with van der Waals surface area (Å²) in [6, 6.07) is 0. The Morgan fingerprint density at radius 1 is 0.792 bits per heavy atom. The summed E-state index contributed by atoms with van der Waals surface area (Å²) in [6.45, 7) is 2.63. The minimum Gasteiger partial charge on any atom is -0.465 e. The molecule has 2 amide bonds. The Morgan fingerprint density at radius 2 is 1.21 bits per heavy atom. The molecule has 0 aliphatic carbocycles. The highest BCUT2D eigenvalue weighted by Crippen LogP contribution is 2.12. The molecule has 0 fully saturated rings. The molecule has 0 saturated heterocycles. The van der Waals surface area contributed by atoms with Gasteiger partial charge in [0, 0.05) is 13.6 Å². The normalized spacial score (nSPS) is 10.6. The van der Waals surface area contributed by atoms with Crippen molar-refractivity contribution in [3.05, 3.63) is 0 Å². The average Bonchev–Trinajstić information content (AvgIpc) is 2.57. The molecule has 0 aromatic carbocycles. The first-order valence-corrected chi connectivity index (χ1v) is 9.80. The number of nitrogens with zero attached hydrogens (tertiary/aromatic N) is 1. The number of carbonyl (C=O) groups excluding carboxylic acids is 1. The Kier molecular flexibility index (Phi) is 15.7. The minimum atomic E-state index is -1.02. The molecule has 0 atom stereocenters. The smallest absolute Gasteiger partial charge is 0.407 e. The lowest BCUT2D eigenvalue weighted by Gasteiger charge is -2.17. The molecule has 0 aliphatic heterocycles. The molecule has 0 aromatic rings. The Labute approximate surface area is 148 Å². The maximum Gasteiger partial charge on any atom is 0.407 e. The maximum absolute atomic E-state index is 11.2. The Hall–Kier alpha value is -1.26. The van der Waals surface area contributed by atoms with Crippen LogP contribution < -0.4 is 5.32 Å². The lowest BCUT2D eigenvalue weighted by Crippen LogP contribution is -2.39. The van der Waals surface area contributed by atoms with E-state index in [-0.39, 0.29) is 12.5 Å². The fourth-order valence-corrected chi connectivity index (χ4v) is 2.82. The monoisotopic (exact) mass is 342 g/mol. The molecule has 0 aliphatic rings. The number of hydrogen-bond acceptors (Lipinski definition) is 2. The van der Waals surface area contributed by atoms with Gasteiger partial charge in [0.05, 0.1) is 0 Å². The molecule has 0 heterocycles. The zero-order valence-corrected chi connectivity index (χ0v) is 15.8. The highest BCUT2D eigenvalue weighted by Gasteiger charge is 2.14. The number of unbranched alkanes of at least 4 members (excludes halogenated alkanes) is 12. The van der Waals surface area contributed by atoms with E-state index < -0.39 is 6.09 Å². The van der Waals surface area contributed by atoms with E-state index >= 15 is 0 Å². The summed E-state index contributed by atoms with van der Waals surface area (Å²) in [4.78, 5) is 23.5. The van der Waals surface area contributed by atoms with Crippen LogP contribution in [-0.2, 0) is 4.79 Å². The van der Waals surface area contributed by atoms with E-state index in [1.807, 2.05) is 0 Å². The van der Waals surface area contributed by atoms with Gasteiger partial charge in [-0.25, -0.2) is 4.79 Å². The molecule has 0 radical (unpaired) electrons. The largest absolute Gasteiger partial charge is 0.465 e. The van der Waals surface area contributed by atoms with Gasteiger partial charge in [-0.15, -0.1) is 0 Å². The van der Waals surface area contributed by atoms with Crippen LogP contribution in [0.1, 0.15) is 90.4 Å². The minimum absolute atomic E-state index is 0.0654. The molecule has 0 saturated carbocycles. The molecule has 5 heteroatoms. The lowest BCUT2D eigenvalue weighted by atomic mass is 10.0. The molecule has 24 heavy (non-hydrogen) atoms. The van der Waals surface area contributed by atoms with E-state index in [1.54, 1.807) is 0 Å². The van der Waals surface area contributed by atoms with Crippen LogP contribution in [-0.4, -0.2) is 42.1 Å². The number of nitrogens with one attached hydrogen (secondary N) is 1. The van der Waals surface area contributed by atoms with Crippen molar-refractivity contribution in [1.29, 1.82) is 0 Å². The average molecular weight is 343 g/mol. The molecule has 0 spiro atoms. The molecule has 0 unspecified atom stereocenters.